The first-order chi connectivity index (χ1) is 16.2. The van der Waals surface area contributed by atoms with Crippen LogP contribution in [0.3, 0.4) is 0 Å². The molecule has 0 aromatic carbocycles. The molecular weight excluding hydrogens is 456 g/mol. The Kier molecular flexibility index (Phi) is 6.85. The Morgan fingerprint density at radius 1 is 0.941 bits per heavy atom. The summed E-state index contributed by atoms with van der Waals surface area (Å²) < 4.78 is 29.2. The molecule has 0 spiro atoms. The van der Waals surface area contributed by atoms with Crippen molar-refractivity contribution in [3.63, 3.8) is 0 Å². The highest BCUT2D eigenvalue weighted by Gasteiger charge is 2.49. The predicted octanol–water partition coefficient (Wildman–Crippen LogP) is 1.78. The van der Waals surface area contributed by atoms with Crippen molar-refractivity contribution in [2.75, 3.05) is 31.1 Å². The summed E-state index contributed by atoms with van der Waals surface area (Å²) in [5.74, 6) is 1.43. The van der Waals surface area contributed by atoms with Crippen LogP contribution in [0.4, 0.5) is 4.79 Å². The molecule has 2 saturated carbocycles. The van der Waals surface area contributed by atoms with Crippen LogP contribution in [0.25, 0.3) is 0 Å². The van der Waals surface area contributed by atoms with Gasteiger partial charge in [0, 0.05) is 32.6 Å². The Labute approximate surface area is 203 Å². The summed E-state index contributed by atoms with van der Waals surface area (Å²) in [6, 6.07) is 0.0853. The van der Waals surface area contributed by atoms with Gasteiger partial charge in [0.1, 0.15) is 6.10 Å². The molecule has 192 valence electrons. The molecule has 0 radical (unpaired) electrons. The molecule has 9 nitrogen and oxygen atoms in total. The number of hydrazine groups is 1. The third kappa shape index (κ3) is 4.82. The van der Waals surface area contributed by atoms with Gasteiger partial charge in [0.2, 0.25) is 5.91 Å². The van der Waals surface area contributed by atoms with Gasteiger partial charge in [0.15, 0.2) is 9.84 Å². The van der Waals surface area contributed by atoms with E-state index < -0.39 is 9.84 Å². The molecule has 1 N–H and O–H groups in total. The Bertz CT molecular complexity index is 880. The zero-order chi connectivity index (χ0) is 24.0. The van der Waals surface area contributed by atoms with E-state index in [4.69, 9.17) is 4.74 Å². The fraction of sp³-hybridized carbons (Fsp3) is 0.917. The van der Waals surface area contributed by atoms with Gasteiger partial charge in [-0.05, 0) is 63.7 Å². The average molecular weight is 497 g/mol. The first-order valence-electron chi connectivity index (χ1n) is 13.2. The van der Waals surface area contributed by atoms with Crippen molar-refractivity contribution >= 4 is 21.8 Å². The minimum Gasteiger partial charge on any atom is -0.446 e. The summed E-state index contributed by atoms with van der Waals surface area (Å²) >= 11 is 0. The Hall–Kier alpha value is -1.39. The van der Waals surface area contributed by atoms with Gasteiger partial charge in [-0.25, -0.2) is 18.2 Å². The molecule has 2 aliphatic carbocycles. The van der Waals surface area contributed by atoms with Crippen LogP contribution in [0, 0.1) is 11.8 Å². The van der Waals surface area contributed by atoms with Crippen molar-refractivity contribution in [1.29, 1.82) is 0 Å². The van der Waals surface area contributed by atoms with Gasteiger partial charge < -0.3 is 14.5 Å². The zero-order valence-electron chi connectivity index (χ0n) is 20.5. The van der Waals surface area contributed by atoms with Crippen molar-refractivity contribution in [3.8, 4) is 0 Å². The third-order valence-corrected chi connectivity index (χ3v) is 10.7. The normalized spacial score (nSPS) is 37.2. The molecule has 34 heavy (non-hydrogen) atoms. The molecular formula is C24H40N4O5S. The lowest BCUT2D eigenvalue weighted by Gasteiger charge is -2.54. The Morgan fingerprint density at radius 2 is 1.68 bits per heavy atom. The molecule has 5 atom stereocenters. The van der Waals surface area contributed by atoms with Crippen molar-refractivity contribution in [3.05, 3.63) is 0 Å². The summed E-state index contributed by atoms with van der Waals surface area (Å²) in [4.78, 5) is 29.8. The number of rotatable bonds is 3. The summed E-state index contributed by atoms with van der Waals surface area (Å²) in [5.41, 5.74) is 3.44. The van der Waals surface area contributed by atoms with Crippen molar-refractivity contribution < 1.29 is 22.7 Å². The largest absolute Gasteiger partial charge is 0.446 e. The van der Waals surface area contributed by atoms with Gasteiger partial charge in [-0.3, -0.25) is 10.2 Å². The SMILES string of the molecule is CC(=O)N1C2CCC(C3CNN(C4CS(=O)(=O)C4)C3)CC2N(C(=O)OC2CCCCC2)C[C@@H]1C. The van der Waals surface area contributed by atoms with E-state index in [0.717, 1.165) is 58.0 Å². The van der Waals surface area contributed by atoms with Crippen LogP contribution in [0.5, 0.6) is 0 Å². The number of hydrogen-bond acceptors (Lipinski definition) is 7. The van der Waals surface area contributed by atoms with E-state index in [1.54, 1.807) is 6.92 Å². The summed E-state index contributed by atoms with van der Waals surface area (Å²) in [6.45, 7) is 5.89. The van der Waals surface area contributed by atoms with Gasteiger partial charge in [0.05, 0.1) is 29.6 Å². The fourth-order valence-corrected chi connectivity index (χ4v) is 8.59. The van der Waals surface area contributed by atoms with E-state index >= 15 is 0 Å². The molecule has 10 heteroatoms. The molecule has 3 saturated heterocycles. The van der Waals surface area contributed by atoms with Gasteiger partial charge in [-0.2, -0.15) is 0 Å². The molecule has 3 heterocycles. The summed E-state index contributed by atoms with van der Waals surface area (Å²) in [6.07, 6.45) is 7.94. The maximum atomic E-state index is 13.3. The monoisotopic (exact) mass is 496 g/mol. The van der Waals surface area contributed by atoms with E-state index in [-0.39, 0.29) is 53.8 Å². The number of hydrogen-bond donors (Lipinski definition) is 1. The van der Waals surface area contributed by atoms with Crippen LogP contribution < -0.4 is 5.43 Å². The third-order valence-electron chi connectivity index (χ3n) is 8.92. The Morgan fingerprint density at radius 3 is 2.35 bits per heavy atom. The molecule has 0 aromatic heterocycles. The molecule has 5 rings (SSSR count). The second kappa shape index (κ2) is 9.58. The standard InChI is InChI=1S/C24H40N4O5S/c1-16-12-26(24(30)33-21-6-4-3-5-7-21)23-10-18(8-9-22(23)28(16)17(2)29)19-11-25-27(13-19)20-14-34(31,32)15-20/h16,18-23,25H,3-15H2,1-2H3/t16-,18?,19?,22?,23?/m0/s1. The molecule has 0 bridgehead atoms. The number of fused-ring (bicyclic) bond motifs is 1. The number of nitrogens with one attached hydrogen (secondary N) is 1. The quantitative estimate of drug-likeness (QED) is 0.636. The van der Waals surface area contributed by atoms with E-state index in [0.29, 0.717) is 18.4 Å². The number of amides is 2. The molecule has 0 aromatic rings. The highest BCUT2D eigenvalue weighted by atomic mass is 32.2. The molecule has 4 unspecified atom stereocenters. The molecule has 2 amide bonds. The van der Waals surface area contributed by atoms with Crippen LogP contribution in [-0.4, -0.2) is 96.6 Å². The lowest BCUT2D eigenvalue weighted by molar-refractivity contribution is -0.142. The lowest BCUT2D eigenvalue weighted by atomic mass is 9.73. The fourth-order valence-electron chi connectivity index (χ4n) is 7.16. The molecule has 5 aliphatic rings. The second-order valence-corrected chi connectivity index (χ2v) is 13.4. The highest BCUT2D eigenvalue weighted by molar-refractivity contribution is 7.92. The van der Waals surface area contributed by atoms with Crippen LogP contribution >= 0.6 is 0 Å². The lowest BCUT2D eigenvalue weighted by Crippen LogP contribution is -2.67. The van der Waals surface area contributed by atoms with E-state index in [9.17, 15) is 18.0 Å². The van der Waals surface area contributed by atoms with Crippen molar-refractivity contribution in [2.24, 2.45) is 11.8 Å². The highest BCUT2D eigenvalue weighted by Crippen LogP contribution is 2.40. The van der Waals surface area contributed by atoms with E-state index in [1.165, 1.54) is 6.42 Å². The van der Waals surface area contributed by atoms with E-state index in [1.807, 2.05) is 16.7 Å². The predicted molar refractivity (Wildman–Crippen MR) is 128 cm³/mol. The smallest absolute Gasteiger partial charge is 0.410 e. The number of piperazine rings is 1. The molecule has 5 fully saturated rings. The van der Waals surface area contributed by atoms with Crippen molar-refractivity contribution in [1.82, 2.24) is 20.2 Å². The summed E-state index contributed by atoms with van der Waals surface area (Å²) in [5, 5.41) is 2.12. The van der Waals surface area contributed by atoms with Gasteiger partial charge in [-0.1, -0.05) is 6.42 Å². The van der Waals surface area contributed by atoms with Gasteiger partial charge in [0.25, 0.3) is 0 Å². The van der Waals surface area contributed by atoms with E-state index in [2.05, 4.69) is 10.4 Å². The second-order valence-electron chi connectivity index (χ2n) is 11.3. The van der Waals surface area contributed by atoms with Crippen molar-refractivity contribution in [2.45, 2.75) is 95.5 Å². The van der Waals surface area contributed by atoms with Crippen LogP contribution in [0.15, 0.2) is 0 Å². The number of carbonyl (C=O) groups is 2. The van der Waals surface area contributed by atoms with Gasteiger partial charge in [-0.15, -0.1) is 0 Å². The minimum absolute atomic E-state index is 0.0154. The number of carbonyl (C=O) groups excluding carboxylic acids is 2. The van der Waals surface area contributed by atoms with Gasteiger partial charge >= 0.3 is 6.09 Å². The minimum atomic E-state index is -2.85. The zero-order valence-corrected chi connectivity index (χ0v) is 21.3. The maximum Gasteiger partial charge on any atom is 0.410 e. The molecule has 3 aliphatic heterocycles. The maximum absolute atomic E-state index is 13.3. The first kappa shape index (κ1) is 24.3. The number of ether oxygens (including phenoxy) is 1. The first-order valence-corrected chi connectivity index (χ1v) is 15.0. The summed E-state index contributed by atoms with van der Waals surface area (Å²) in [7, 11) is -2.85. The number of sulfone groups is 1. The number of nitrogens with zero attached hydrogens (tertiary/aromatic N) is 3. The average Bonchev–Trinajstić information content (AvgIpc) is 3.27. The Balaban J connectivity index is 1.27. The van der Waals surface area contributed by atoms with Crippen LogP contribution in [0.1, 0.15) is 65.2 Å². The van der Waals surface area contributed by atoms with Crippen LogP contribution in [-0.2, 0) is 19.4 Å². The topological polar surface area (TPSA) is 99.3 Å². The van der Waals surface area contributed by atoms with Crippen LogP contribution in [0.2, 0.25) is 0 Å².